The summed E-state index contributed by atoms with van der Waals surface area (Å²) in [5.74, 6) is 1.60. The summed E-state index contributed by atoms with van der Waals surface area (Å²) in [6.07, 6.45) is 1.32. The zero-order valence-corrected chi connectivity index (χ0v) is 17.1. The first-order valence-electron chi connectivity index (χ1n) is 9.85. The number of ether oxygens (including phenoxy) is 2. The highest BCUT2D eigenvalue weighted by Gasteiger charge is 2.15. The molecular formula is C24H20N2O3S. The second-order valence-electron chi connectivity index (χ2n) is 7.16. The molecule has 3 aromatic carbocycles. The smallest absolute Gasteiger partial charge is 0.224 e. The molecule has 1 aliphatic heterocycles. The molecule has 0 unspecified atom stereocenters. The fourth-order valence-corrected chi connectivity index (χ4v) is 4.30. The molecule has 1 amide bonds. The van der Waals surface area contributed by atoms with E-state index in [2.05, 4.69) is 16.4 Å². The first-order valence-corrected chi connectivity index (χ1v) is 10.7. The summed E-state index contributed by atoms with van der Waals surface area (Å²) >= 11 is 1.65. The molecule has 2 heterocycles. The summed E-state index contributed by atoms with van der Waals surface area (Å²) in [7, 11) is 0. The summed E-state index contributed by atoms with van der Waals surface area (Å²) in [5.41, 5.74) is 4.05. The third-order valence-electron chi connectivity index (χ3n) is 5.01. The van der Waals surface area contributed by atoms with E-state index < -0.39 is 0 Å². The van der Waals surface area contributed by atoms with Crippen LogP contribution in [0.1, 0.15) is 22.6 Å². The molecule has 5 rings (SSSR count). The minimum Gasteiger partial charge on any atom is -0.489 e. The number of carbonyl (C=O) groups is 1. The van der Waals surface area contributed by atoms with Crippen molar-refractivity contribution in [2.45, 2.75) is 26.1 Å². The van der Waals surface area contributed by atoms with Crippen LogP contribution in [-0.4, -0.2) is 10.9 Å². The second kappa shape index (κ2) is 8.16. The van der Waals surface area contributed by atoms with Crippen LogP contribution in [0.3, 0.4) is 0 Å². The highest BCUT2D eigenvalue weighted by Crippen LogP contribution is 2.28. The van der Waals surface area contributed by atoms with Gasteiger partial charge < -0.3 is 14.8 Å². The molecule has 0 radical (unpaired) electrons. The number of fused-ring (bicyclic) bond motifs is 2. The Morgan fingerprint density at radius 1 is 0.900 bits per heavy atom. The monoisotopic (exact) mass is 416 g/mol. The number of para-hydroxylation sites is 1. The number of carbonyl (C=O) groups excluding carboxylic acids is 1. The van der Waals surface area contributed by atoms with E-state index in [0.29, 0.717) is 19.6 Å². The van der Waals surface area contributed by atoms with Crippen molar-refractivity contribution >= 4 is 33.1 Å². The van der Waals surface area contributed by atoms with Crippen molar-refractivity contribution in [3.8, 4) is 11.5 Å². The van der Waals surface area contributed by atoms with Crippen LogP contribution in [0.25, 0.3) is 10.2 Å². The van der Waals surface area contributed by atoms with Crippen molar-refractivity contribution in [3.05, 3.63) is 82.9 Å². The Bertz CT molecular complexity index is 1170. The van der Waals surface area contributed by atoms with Crippen LogP contribution in [0.5, 0.6) is 11.5 Å². The van der Waals surface area contributed by atoms with Gasteiger partial charge in [0.25, 0.3) is 0 Å². The van der Waals surface area contributed by atoms with Gasteiger partial charge in [-0.2, -0.15) is 0 Å². The zero-order valence-electron chi connectivity index (χ0n) is 16.3. The molecule has 6 heteroatoms. The first kappa shape index (κ1) is 18.6. The van der Waals surface area contributed by atoms with Crippen LogP contribution in [0.4, 0.5) is 5.69 Å². The van der Waals surface area contributed by atoms with Gasteiger partial charge in [-0.25, -0.2) is 4.98 Å². The summed E-state index contributed by atoms with van der Waals surface area (Å²) < 4.78 is 12.9. The van der Waals surface area contributed by atoms with Crippen molar-refractivity contribution in [2.75, 3.05) is 5.32 Å². The Hall–Kier alpha value is -3.38. The van der Waals surface area contributed by atoms with Crippen LogP contribution >= 0.6 is 11.3 Å². The van der Waals surface area contributed by atoms with Crippen LogP contribution < -0.4 is 14.8 Å². The van der Waals surface area contributed by atoms with Gasteiger partial charge in [-0.3, -0.25) is 4.79 Å². The number of hydrogen-bond acceptors (Lipinski definition) is 5. The molecule has 30 heavy (non-hydrogen) atoms. The Labute approximate surface area is 178 Å². The van der Waals surface area contributed by atoms with Crippen LogP contribution in [-0.2, 0) is 24.4 Å². The van der Waals surface area contributed by atoms with E-state index in [1.54, 1.807) is 11.3 Å². The molecule has 4 aromatic rings. The molecule has 0 aliphatic carbocycles. The van der Waals surface area contributed by atoms with Gasteiger partial charge in [-0.1, -0.05) is 30.3 Å². The molecule has 0 bridgehead atoms. The molecule has 1 N–H and O–H groups in total. The quantitative estimate of drug-likeness (QED) is 0.461. The number of nitrogens with one attached hydrogen (secondary N) is 1. The van der Waals surface area contributed by atoms with E-state index in [1.165, 1.54) is 4.70 Å². The summed E-state index contributed by atoms with van der Waals surface area (Å²) in [5, 5.41) is 3.86. The predicted octanol–water partition coefficient (Wildman–Crippen LogP) is 5.34. The molecule has 150 valence electrons. The molecule has 0 saturated heterocycles. The van der Waals surface area contributed by atoms with Crippen LogP contribution in [0.2, 0.25) is 0 Å². The molecule has 0 atom stereocenters. The number of hydrogen-bond donors (Lipinski definition) is 1. The molecule has 1 aliphatic rings. The molecule has 0 fully saturated rings. The zero-order chi connectivity index (χ0) is 20.3. The maximum absolute atomic E-state index is 11.6. The lowest BCUT2D eigenvalue weighted by atomic mass is 10.0. The minimum atomic E-state index is 0.0566. The molecular weight excluding hydrogens is 396 g/mol. The average Bonchev–Trinajstić information content (AvgIpc) is 3.20. The lowest BCUT2D eigenvalue weighted by Gasteiger charge is -2.17. The number of aryl methyl sites for hydroxylation is 1. The van der Waals surface area contributed by atoms with E-state index >= 15 is 0 Å². The van der Waals surface area contributed by atoms with Gasteiger partial charge >= 0.3 is 0 Å². The third-order valence-corrected chi connectivity index (χ3v) is 6.02. The molecule has 5 nitrogen and oxygen atoms in total. The standard InChI is InChI=1S/C24H20N2O3S/c27-23-12-8-17-7-11-19(13-21(17)25-23)28-14-16-5-9-18(10-6-16)29-15-24-26-20-3-1-2-4-22(20)30-24/h1-7,9-11,13H,8,12,14-15H2,(H,25,27). The Balaban J connectivity index is 1.17. The predicted molar refractivity (Wildman–Crippen MR) is 118 cm³/mol. The van der Waals surface area contributed by atoms with Gasteiger partial charge in [0.2, 0.25) is 5.91 Å². The number of aromatic nitrogens is 1. The lowest BCUT2D eigenvalue weighted by Crippen LogP contribution is -2.18. The SMILES string of the molecule is O=C1CCc2ccc(OCc3ccc(OCc4nc5ccccc5s4)cc3)cc2N1. The van der Waals surface area contributed by atoms with Gasteiger partial charge in [-0.15, -0.1) is 11.3 Å². The minimum absolute atomic E-state index is 0.0566. The fourth-order valence-electron chi connectivity index (χ4n) is 3.42. The van der Waals surface area contributed by atoms with Gasteiger partial charge in [0.15, 0.2) is 0 Å². The number of benzene rings is 3. The normalized spacial score (nSPS) is 13.0. The summed E-state index contributed by atoms with van der Waals surface area (Å²) in [6, 6.07) is 21.8. The highest BCUT2D eigenvalue weighted by atomic mass is 32.1. The topological polar surface area (TPSA) is 60.5 Å². The van der Waals surface area contributed by atoms with Crippen molar-refractivity contribution < 1.29 is 14.3 Å². The Morgan fingerprint density at radius 3 is 2.57 bits per heavy atom. The fraction of sp³-hybridized carbons (Fsp3) is 0.167. The maximum atomic E-state index is 11.6. The highest BCUT2D eigenvalue weighted by molar-refractivity contribution is 7.18. The van der Waals surface area contributed by atoms with E-state index in [-0.39, 0.29) is 5.91 Å². The van der Waals surface area contributed by atoms with E-state index in [0.717, 1.165) is 45.3 Å². The van der Waals surface area contributed by atoms with Gasteiger partial charge in [-0.05, 0) is 47.9 Å². The summed E-state index contributed by atoms with van der Waals surface area (Å²) in [6.45, 7) is 0.904. The first-order chi connectivity index (χ1) is 14.7. The number of nitrogens with zero attached hydrogens (tertiary/aromatic N) is 1. The Morgan fingerprint density at radius 2 is 1.70 bits per heavy atom. The number of thiazole rings is 1. The number of anilines is 1. The number of amides is 1. The third kappa shape index (κ3) is 4.14. The van der Waals surface area contributed by atoms with Crippen molar-refractivity contribution in [3.63, 3.8) is 0 Å². The summed E-state index contributed by atoms with van der Waals surface area (Å²) in [4.78, 5) is 16.2. The van der Waals surface area contributed by atoms with Gasteiger partial charge in [0, 0.05) is 18.2 Å². The average molecular weight is 417 g/mol. The van der Waals surface area contributed by atoms with E-state index in [4.69, 9.17) is 9.47 Å². The maximum Gasteiger partial charge on any atom is 0.224 e. The molecule has 0 spiro atoms. The van der Waals surface area contributed by atoms with E-state index in [1.807, 2.05) is 60.7 Å². The Kier molecular flexibility index (Phi) is 5.07. The van der Waals surface area contributed by atoms with Crippen LogP contribution in [0, 0.1) is 0 Å². The second-order valence-corrected chi connectivity index (χ2v) is 8.28. The van der Waals surface area contributed by atoms with Crippen molar-refractivity contribution in [2.24, 2.45) is 0 Å². The largest absolute Gasteiger partial charge is 0.489 e. The van der Waals surface area contributed by atoms with Crippen molar-refractivity contribution in [1.29, 1.82) is 0 Å². The van der Waals surface area contributed by atoms with E-state index in [9.17, 15) is 4.79 Å². The van der Waals surface area contributed by atoms with Gasteiger partial charge in [0.05, 0.1) is 10.2 Å². The molecule has 1 aromatic heterocycles. The molecule has 0 saturated carbocycles. The van der Waals surface area contributed by atoms with Crippen molar-refractivity contribution in [1.82, 2.24) is 4.98 Å². The lowest BCUT2D eigenvalue weighted by molar-refractivity contribution is -0.116. The van der Waals surface area contributed by atoms with Crippen LogP contribution in [0.15, 0.2) is 66.7 Å². The van der Waals surface area contributed by atoms with Gasteiger partial charge in [0.1, 0.15) is 29.7 Å². The number of rotatable bonds is 6.